The maximum Gasteiger partial charge on any atom is 0.191 e. The minimum Gasteiger partial charge on any atom is -0.377 e. The molecule has 0 fully saturated rings. The molecule has 0 saturated carbocycles. The van der Waals surface area contributed by atoms with Gasteiger partial charge in [0.25, 0.3) is 0 Å². The summed E-state index contributed by atoms with van der Waals surface area (Å²) in [5.41, 5.74) is 0.472. The molecule has 0 amide bonds. The van der Waals surface area contributed by atoms with Gasteiger partial charge in [0, 0.05) is 32.7 Å². The van der Waals surface area contributed by atoms with Crippen molar-refractivity contribution in [3.8, 4) is 0 Å². The molecule has 2 N–H and O–H groups in total. The van der Waals surface area contributed by atoms with Crippen LogP contribution in [0.2, 0.25) is 0 Å². The summed E-state index contributed by atoms with van der Waals surface area (Å²) in [6, 6.07) is 6.71. The molecular formula is C17H28FN3O. The van der Waals surface area contributed by atoms with E-state index < -0.39 is 0 Å². The molecule has 1 rings (SSSR count). The minimum absolute atomic E-state index is 0.212. The van der Waals surface area contributed by atoms with Crippen LogP contribution in [0.15, 0.2) is 29.3 Å². The van der Waals surface area contributed by atoms with Gasteiger partial charge in [-0.2, -0.15) is 0 Å². The van der Waals surface area contributed by atoms with Crippen LogP contribution in [0, 0.1) is 5.82 Å². The number of hydrogen-bond donors (Lipinski definition) is 2. The molecule has 0 aliphatic carbocycles. The molecular weight excluding hydrogens is 281 g/mol. The van der Waals surface area contributed by atoms with Gasteiger partial charge in [-0.3, -0.25) is 4.99 Å². The standard InChI is InChI=1S/C17H28FN3O/c1-16(2,13-8-7-9-14(18)10-13)11-20-15(19-5)21-12-17(3,4)22-6/h7-10H,11-12H2,1-6H3,(H2,19,20,21). The van der Waals surface area contributed by atoms with Crippen molar-refractivity contribution in [2.24, 2.45) is 4.99 Å². The van der Waals surface area contributed by atoms with Crippen LogP contribution in [-0.2, 0) is 10.2 Å². The van der Waals surface area contributed by atoms with E-state index in [1.165, 1.54) is 6.07 Å². The molecule has 0 atom stereocenters. The topological polar surface area (TPSA) is 45.7 Å². The second kappa shape index (κ2) is 7.58. The van der Waals surface area contributed by atoms with Gasteiger partial charge in [0.05, 0.1) is 5.60 Å². The van der Waals surface area contributed by atoms with E-state index in [4.69, 9.17) is 4.74 Å². The van der Waals surface area contributed by atoms with Crippen molar-refractivity contribution in [3.05, 3.63) is 35.6 Å². The molecule has 0 aliphatic heterocycles. The predicted octanol–water partition coefficient (Wildman–Crippen LogP) is 2.69. The van der Waals surface area contributed by atoms with E-state index in [1.54, 1.807) is 26.3 Å². The van der Waals surface area contributed by atoms with Gasteiger partial charge in [0.1, 0.15) is 5.82 Å². The fourth-order valence-corrected chi connectivity index (χ4v) is 1.91. The highest BCUT2D eigenvalue weighted by molar-refractivity contribution is 5.79. The van der Waals surface area contributed by atoms with Crippen molar-refractivity contribution in [1.82, 2.24) is 10.6 Å². The van der Waals surface area contributed by atoms with Crippen LogP contribution in [0.25, 0.3) is 0 Å². The van der Waals surface area contributed by atoms with E-state index in [0.717, 1.165) is 5.56 Å². The Labute approximate surface area is 133 Å². The summed E-state index contributed by atoms with van der Waals surface area (Å²) in [5, 5.41) is 6.52. The molecule has 0 heterocycles. The SMILES string of the molecule is CN=C(NCC(C)(C)OC)NCC(C)(C)c1cccc(F)c1. The summed E-state index contributed by atoms with van der Waals surface area (Å²) < 4.78 is 18.8. The smallest absolute Gasteiger partial charge is 0.191 e. The van der Waals surface area contributed by atoms with Crippen molar-refractivity contribution in [3.63, 3.8) is 0 Å². The van der Waals surface area contributed by atoms with E-state index in [0.29, 0.717) is 19.0 Å². The molecule has 0 radical (unpaired) electrons. The van der Waals surface area contributed by atoms with Crippen molar-refractivity contribution in [1.29, 1.82) is 0 Å². The summed E-state index contributed by atoms with van der Waals surface area (Å²) in [5.74, 6) is 0.490. The Hall–Kier alpha value is -1.62. The molecule has 0 unspecified atom stereocenters. The Morgan fingerprint density at radius 1 is 1.18 bits per heavy atom. The molecule has 1 aromatic rings. The molecule has 0 aromatic heterocycles. The molecule has 0 aliphatic rings. The molecule has 1 aromatic carbocycles. The van der Waals surface area contributed by atoms with Crippen LogP contribution in [0.4, 0.5) is 4.39 Å². The quantitative estimate of drug-likeness (QED) is 0.627. The number of benzene rings is 1. The number of halogens is 1. The van der Waals surface area contributed by atoms with Gasteiger partial charge in [0.2, 0.25) is 0 Å². The Bertz CT molecular complexity index is 512. The number of aliphatic imine (C=N–C) groups is 1. The third-order valence-corrected chi connectivity index (χ3v) is 3.76. The average molecular weight is 309 g/mol. The Kier molecular flexibility index (Phi) is 6.35. The predicted molar refractivity (Wildman–Crippen MR) is 89.9 cm³/mol. The zero-order valence-electron chi connectivity index (χ0n) is 14.5. The lowest BCUT2D eigenvalue weighted by molar-refractivity contribution is 0.0268. The molecule has 22 heavy (non-hydrogen) atoms. The van der Waals surface area contributed by atoms with Gasteiger partial charge in [-0.15, -0.1) is 0 Å². The van der Waals surface area contributed by atoms with Gasteiger partial charge in [-0.25, -0.2) is 4.39 Å². The van der Waals surface area contributed by atoms with E-state index in [-0.39, 0.29) is 16.8 Å². The zero-order valence-corrected chi connectivity index (χ0v) is 14.5. The second-order valence-electron chi connectivity index (χ2n) is 6.64. The van der Waals surface area contributed by atoms with Crippen LogP contribution < -0.4 is 10.6 Å². The number of methoxy groups -OCH3 is 1. The third kappa shape index (κ3) is 5.64. The van der Waals surface area contributed by atoms with E-state index in [1.807, 2.05) is 19.9 Å². The van der Waals surface area contributed by atoms with Crippen LogP contribution in [0.1, 0.15) is 33.3 Å². The number of hydrogen-bond acceptors (Lipinski definition) is 2. The minimum atomic E-state index is -0.268. The van der Waals surface area contributed by atoms with Crippen molar-refractivity contribution in [2.75, 3.05) is 27.2 Å². The van der Waals surface area contributed by atoms with Gasteiger partial charge in [-0.1, -0.05) is 26.0 Å². The lowest BCUT2D eigenvalue weighted by atomic mass is 9.84. The molecule has 5 heteroatoms. The highest BCUT2D eigenvalue weighted by Crippen LogP contribution is 2.22. The van der Waals surface area contributed by atoms with E-state index >= 15 is 0 Å². The molecule has 4 nitrogen and oxygen atoms in total. The fraction of sp³-hybridized carbons (Fsp3) is 0.588. The largest absolute Gasteiger partial charge is 0.377 e. The molecule has 0 spiro atoms. The first-order chi connectivity index (χ1) is 10.2. The van der Waals surface area contributed by atoms with Crippen molar-refractivity contribution < 1.29 is 9.13 Å². The first-order valence-corrected chi connectivity index (χ1v) is 7.46. The highest BCUT2D eigenvalue weighted by atomic mass is 19.1. The van der Waals surface area contributed by atoms with Gasteiger partial charge in [-0.05, 0) is 31.5 Å². The zero-order chi connectivity index (χ0) is 16.8. The van der Waals surface area contributed by atoms with Crippen LogP contribution >= 0.6 is 0 Å². The van der Waals surface area contributed by atoms with Gasteiger partial charge >= 0.3 is 0 Å². The number of ether oxygens (including phenoxy) is 1. The van der Waals surface area contributed by atoms with Crippen molar-refractivity contribution >= 4 is 5.96 Å². The summed E-state index contributed by atoms with van der Waals surface area (Å²) in [6.45, 7) is 9.43. The van der Waals surface area contributed by atoms with Gasteiger partial charge < -0.3 is 15.4 Å². The Morgan fingerprint density at radius 2 is 1.82 bits per heavy atom. The lowest BCUT2D eigenvalue weighted by Gasteiger charge is -2.28. The normalized spacial score (nSPS) is 13.1. The molecule has 0 saturated heterocycles. The molecule has 0 bridgehead atoms. The summed E-state index contributed by atoms with van der Waals surface area (Å²) in [4.78, 5) is 4.20. The van der Waals surface area contributed by atoms with Crippen molar-refractivity contribution in [2.45, 2.75) is 38.7 Å². The summed E-state index contributed by atoms with van der Waals surface area (Å²) >= 11 is 0. The first kappa shape index (κ1) is 18.4. The third-order valence-electron chi connectivity index (χ3n) is 3.76. The maximum atomic E-state index is 13.4. The second-order valence-corrected chi connectivity index (χ2v) is 6.64. The summed E-state index contributed by atoms with van der Waals surface area (Å²) in [6.07, 6.45) is 0. The maximum absolute atomic E-state index is 13.4. The summed E-state index contributed by atoms with van der Waals surface area (Å²) in [7, 11) is 3.41. The highest BCUT2D eigenvalue weighted by Gasteiger charge is 2.22. The fourth-order valence-electron chi connectivity index (χ4n) is 1.91. The number of nitrogens with zero attached hydrogens (tertiary/aromatic N) is 1. The Morgan fingerprint density at radius 3 is 2.36 bits per heavy atom. The number of rotatable bonds is 6. The van der Waals surface area contributed by atoms with E-state index in [2.05, 4.69) is 29.5 Å². The average Bonchev–Trinajstić information content (AvgIpc) is 2.47. The first-order valence-electron chi connectivity index (χ1n) is 7.46. The Balaban J connectivity index is 2.62. The van der Waals surface area contributed by atoms with E-state index in [9.17, 15) is 4.39 Å². The number of guanidine groups is 1. The van der Waals surface area contributed by atoms with Crippen LogP contribution in [-0.4, -0.2) is 38.8 Å². The lowest BCUT2D eigenvalue weighted by Crippen LogP contribution is -2.48. The number of nitrogens with one attached hydrogen (secondary N) is 2. The van der Waals surface area contributed by atoms with Crippen LogP contribution in [0.5, 0.6) is 0 Å². The molecule has 124 valence electrons. The van der Waals surface area contributed by atoms with Gasteiger partial charge in [0.15, 0.2) is 5.96 Å². The van der Waals surface area contributed by atoms with Crippen LogP contribution in [0.3, 0.4) is 0 Å². The monoisotopic (exact) mass is 309 g/mol.